The minimum absolute atomic E-state index is 0.0405. The van der Waals surface area contributed by atoms with Crippen molar-refractivity contribution < 1.29 is 14.6 Å². The Kier molecular flexibility index (Phi) is 9.04. The molecule has 7 nitrogen and oxygen atoms in total. The Hall–Kier alpha value is -2.75. The number of ether oxygens (including phenoxy) is 1. The summed E-state index contributed by atoms with van der Waals surface area (Å²) in [5.74, 6) is -0.174. The highest BCUT2D eigenvalue weighted by Gasteiger charge is 2.22. The number of hydrogen-bond acceptors (Lipinski definition) is 6. The Labute approximate surface area is 215 Å². The molecule has 0 saturated heterocycles. The second-order valence-electron chi connectivity index (χ2n) is 9.24. The first kappa shape index (κ1) is 26.8. The maximum atomic E-state index is 13.6. The van der Waals surface area contributed by atoms with Crippen LogP contribution in [0.1, 0.15) is 12.0 Å². The van der Waals surface area contributed by atoms with Gasteiger partial charge in [0.25, 0.3) is 5.56 Å². The van der Waals surface area contributed by atoms with Crippen molar-refractivity contribution in [3.63, 3.8) is 0 Å². The molecule has 0 spiro atoms. The molecule has 1 aromatic heterocycles. The summed E-state index contributed by atoms with van der Waals surface area (Å²) in [6, 6.07) is 15.1. The summed E-state index contributed by atoms with van der Waals surface area (Å²) in [5, 5.41) is 14.0. The van der Waals surface area contributed by atoms with E-state index < -0.39 is 8.07 Å². The van der Waals surface area contributed by atoms with Gasteiger partial charge in [0.1, 0.15) is 5.75 Å². The first-order valence-electron chi connectivity index (χ1n) is 11.3. The number of halogens is 1. The number of hydrogen-bond donors (Lipinski definition) is 2. The van der Waals surface area contributed by atoms with Crippen molar-refractivity contribution in [2.45, 2.75) is 43.7 Å². The van der Waals surface area contributed by atoms with Crippen LogP contribution in [0, 0.1) is 0 Å². The van der Waals surface area contributed by atoms with Gasteiger partial charge in [-0.05, 0) is 30.7 Å². The Morgan fingerprint density at radius 2 is 1.86 bits per heavy atom. The number of nitrogens with one attached hydrogen (secondary N) is 1. The van der Waals surface area contributed by atoms with E-state index in [0.717, 1.165) is 24.2 Å². The molecule has 0 atom stereocenters. The van der Waals surface area contributed by atoms with Crippen LogP contribution in [-0.2, 0) is 11.2 Å². The fraction of sp³-hybridized carbons (Fsp3) is 0.320. The number of amides is 1. The van der Waals surface area contributed by atoms with Gasteiger partial charge >= 0.3 is 0 Å². The molecule has 0 unspecified atom stereocenters. The second kappa shape index (κ2) is 11.8. The van der Waals surface area contributed by atoms with Gasteiger partial charge in [-0.25, -0.2) is 0 Å². The quantitative estimate of drug-likeness (QED) is 0.201. The predicted octanol–water partition coefficient (Wildman–Crippen LogP) is 5.60. The van der Waals surface area contributed by atoms with Crippen LogP contribution in [-0.4, -0.2) is 41.5 Å². The lowest BCUT2D eigenvalue weighted by molar-refractivity contribution is -0.113. The summed E-state index contributed by atoms with van der Waals surface area (Å²) in [6.07, 6.45) is 1.22. The average molecular weight is 532 g/mol. The van der Waals surface area contributed by atoms with Gasteiger partial charge in [0.05, 0.1) is 34.8 Å². The Bertz CT molecular complexity index is 1260. The molecular weight excluding hydrogens is 502 g/mol. The fourth-order valence-corrected chi connectivity index (χ4v) is 5.76. The van der Waals surface area contributed by atoms with E-state index in [9.17, 15) is 14.7 Å². The number of aromatic nitrogens is 2. The maximum absolute atomic E-state index is 13.6. The molecule has 10 heteroatoms. The van der Waals surface area contributed by atoms with E-state index in [1.807, 2.05) is 0 Å². The number of para-hydroxylation sites is 3. The van der Waals surface area contributed by atoms with Crippen LogP contribution in [0.25, 0.3) is 5.69 Å². The van der Waals surface area contributed by atoms with E-state index in [1.54, 1.807) is 48.5 Å². The summed E-state index contributed by atoms with van der Waals surface area (Å²) in [7, 11) is 0.225. The van der Waals surface area contributed by atoms with Gasteiger partial charge in [-0.3, -0.25) is 14.2 Å². The topological polar surface area (TPSA) is 93.4 Å². The van der Waals surface area contributed by atoms with Crippen molar-refractivity contribution in [2.75, 3.05) is 18.2 Å². The number of benzene rings is 2. The summed E-state index contributed by atoms with van der Waals surface area (Å²) >= 11 is 7.18. The second-order valence-corrected chi connectivity index (χ2v) is 16.2. The zero-order valence-corrected chi connectivity index (χ0v) is 22.9. The van der Waals surface area contributed by atoms with Crippen molar-refractivity contribution in [2.24, 2.45) is 0 Å². The summed E-state index contributed by atoms with van der Waals surface area (Å²) in [6.45, 7) is 6.81. The SMILES string of the molecule is COc1ccccc1-n1c(SCC(=O)Nc2ccccc2Cl)nc(O)c(CCC[Si](C)(C)C)c1=O. The fourth-order valence-electron chi connectivity index (χ4n) is 3.54. The summed E-state index contributed by atoms with van der Waals surface area (Å²) in [5.41, 5.74) is 0.883. The van der Waals surface area contributed by atoms with Crippen molar-refractivity contribution in [3.8, 4) is 17.3 Å². The Morgan fingerprint density at radius 3 is 2.54 bits per heavy atom. The zero-order valence-electron chi connectivity index (χ0n) is 20.3. The predicted molar refractivity (Wildman–Crippen MR) is 145 cm³/mol. The number of methoxy groups -OCH3 is 1. The van der Waals surface area contributed by atoms with Crippen molar-refractivity contribution in [3.05, 3.63) is 69.5 Å². The number of anilines is 1. The summed E-state index contributed by atoms with van der Waals surface area (Å²) < 4.78 is 6.89. The third-order valence-corrected chi connectivity index (χ3v) is 8.41. The van der Waals surface area contributed by atoms with E-state index in [-0.39, 0.29) is 33.8 Å². The molecule has 0 bridgehead atoms. The lowest BCUT2D eigenvalue weighted by Gasteiger charge is -2.18. The first-order chi connectivity index (χ1) is 16.6. The number of carbonyl (C=O) groups is 1. The Balaban J connectivity index is 1.94. The van der Waals surface area contributed by atoms with Gasteiger partial charge in [-0.2, -0.15) is 4.98 Å². The van der Waals surface area contributed by atoms with Crippen LogP contribution in [0.15, 0.2) is 58.5 Å². The molecule has 3 rings (SSSR count). The minimum atomic E-state index is -1.30. The average Bonchev–Trinajstić information content (AvgIpc) is 2.80. The van der Waals surface area contributed by atoms with Gasteiger partial charge < -0.3 is 15.2 Å². The molecule has 2 N–H and O–H groups in total. The Morgan fingerprint density at radius 1 is 1.17 bits per heavy atom. The van der Waals surface area contributed by atoms with Crippen molar-refractivity contribution in [1.82, 2.24) is 9.55 Å². The molecule has 186 valence electrons. The molecule has 0 radical (unpaired) electrons. The lowest BCUT2D eigenvalue weighted by Crippen LogP contribution is -2.27. The van der Waals surface area contributed by atoms with E-state index in [4.69, 9.17) is 16.3 Å². The van der Waals surface area contributed by atoms with Crippen LogP contribution in [0.4, 0.5) is 5.69 Å². The van der Waals surface area contributed by atoms with E-state index in [1.165, 1.54) is 11.7 Å². The number of rotatable bonds is 10. The molecule has 35 heavy (non-hydrogen) atoms. The van der Waals surface area contributed by atoms with Gasteiger partial charge in [-0.1, -0.05) is 79.7 Å². The molecule has 1 amide bonds. The largest absolute Gasteiger partial charge is 0.495 e. The number of nitrogens with zero attached hydrogens (tertiary/aromatic N) is 2. The minimum Gasteiger partial charge on any atom is -0.495 e. The smallest absolute Gasteiger partial charge is 0.265 e. The number of thioether (sulfide) groups is 1. The van der Waals surface area contributed by atoms with E-state index in [0.29, 0.717) is 28.6 Å². The van der Waals surface area contributed by atoms with Gasteiger partial charge in [-0.15, -0.1) is 0 Å². The molecule has 0 aliphatic rings. The highest BCUT2D eigenvalue weighted by molar-refractivity contribution is 7.99. The molecule has 1 heterocycles. The third-order valence-electron chi connectivity index (χ3n) is 5.28. The summed E-state index contributed by atoms with van der Waals surface area (Å²) in [4.78, 5) is 30.5. The number of carbonyl (C=O) groups excluding carboxylic acids is 1. The highest BCUT2D eigenvalue weighted by atomic mass is 35.5. The van der Waals surface area contributed by atoms with E-state index in [2.05, 4.69) is 29.9 Å². The van der Waals surface area contributed by atoms with Crippen LogP contribution < -0.4 is 15.6 Å². The normalized spacial score (nSPS) is 11.3. The van der Waals surface area contributed by atoms with Crippen molar-refractivity contribution in [1.29, 1.82) is 0 Å². The molecule has 0 fully saturated rings. The monoisotopic (exact) mass is 531 g/mol. The molecule has 0 saturated carbocycles. The van der Waals surface area contributed by atoms with Crippen LogP contribution in [0.2, 0.25) is 30.7 Å². The maximum Gasteiger partial charge on any atom is 0.265 e. The molecular formula is C25H30ClN3O4SSi. The van der Waals surface area contributed by atoms with Crippen LogP contribution in [0.3, 0.4) is 0 Å². The van der Waals surface area contributed by atoms with Gasteiger partial charge in [0, 0.05) is 8.07 Å². The standard InChI is InChI=1S/C25H30ClN3O4SSi/c1-33-21-14-8-7-13-20(21)29-24(32)17(10-9-15-35(2,3)4)23(31)28-25(29)34-16-22(30)27-19-12-6-5-11-18(19)26/h5-8,11-14,31H,9-10,15-16H2,1-4H3,(H,27,30). The molecule has 2 aromatic carbocycles. The zero-order chi connectivity index (χ0) is 25.6. The van der Waals surface area contributed by atoms with Gasteiger partial charge in [0.2, 0.25) is 11.8 Å². The van der Waals surface area contributed by atoms with Crippen LogP contribution >= 0.6 is 23.4 Å². The first-order valence-corrected chi connectivity index (χ1v) is 16.3. The third kappa shape index (κ3) is 7.13. The van der Waals surface area contributed by atoms with Crippen molar-refractivity contribution >= 4 is 43.0 Å². The van der Waals surface area contributed by atoms with Gasteiger partial charge in [0.15, 0.2) is 5.16 Å². The van der Waals surface area contributed by atoms with Crippen LogP contribution in [0.5, 0.6) is 11.6 Å². The molecule has 3 aromatic rings. The van der Waals surface area contributed by atoms with E-state index >= 15 is 0 Å². The highest BCUT2D eigenvalue weighted by Crippen LogP contribution is 2.29. The number of aromatic hydroxyl groups is 1. The molecule has 0 aliphatic carbocycles. The lowest BCUT2D eigenvalue weighted by atomic mass is 10.2. The molecule has 0 aliphatic heterocycles.